The first-order valence-corrected chi connectivity index (χ1v) is 9.66. The summed E-state index contributed by atoms with van der Waals surface area (Å²) in [5.41, 5.74) is 1.15. The SMILES string of the molecule is CCS(=O)(=O)NCCNC(=NC)NCC(C)Oc1cccc(C)c1. The van der Waals surface area contributed by atoms with Crippen molar-refractivity contribution in [3.05, 3.63) is 29.8 Å². The summed E-state index contributed by atoms with van der Waals surface area (Å²) >= 11 is 0. The maximum Gasteiger partial charge on any atom is 0.211 e. The third kappa shape index (κ3) is 8.16. The van der Waals surface area contributed by atoms with Crippen LogP contribution in [0.4, 0.5) is 0 Å². The zero-order valence-electron chi connectivity index (χ0n) is 14.8. The average Bonchev–Trinajstić information content (AvgIpc) is 2.54. The fraction of sp³-hybridized carbons (Fsp3) is 0.562. The lowest BCUT2D eigenvalue weighted by atomic mass is 10.2. The highest BCUT2D eigenvalue weighted by Crippen LogP contribution is 2.13. The molecule has 1 rings (SSSR count). The van der Waals surface area contributed by atoms with Crippen molar-refractivity contribution < 1.29 is 13.2 Å². The van der Waals surface area contributed by atoms with E-state index in [1.54, 1.807) is 14.0 Å². The number of guanidine groups is 1. The molecule has 7 nitrogen and oxygen atoms in total. The number of hydrogen-bond donors (Lipinski definition) is 3. The Hall–Kier alpha value is -1.80. The molecule has 136 valence electrons. The van der Waals surface area contributed by atoms with Crippen LogP contribution in [-0.4, -0.2) is 52.9 Å². The van der Waals surface area contributed by atoms with Crippen LogP contribution in [0, 0.1) is 6.92 Å². The maximum absolute atomic E-state index is 11.3. The van der Waals surface area contributed by atoms with Crippen LogP contribution in [0.1, 0.15) is 19.4 Å². The van der Waals surface area contributed by atoms with Crippen molar-refractivity contribution in [3.63, 3.8) is 0 Å². The molecule has 8 heteroatoms. The van der Waals surface area contributed by atoms with Crippen molar-refractivity contribution in [2.75, 3.05) is 32.4 Å². The summed E-state index contributed by atoms with van der Waals surface area (Å²) in [6.45, 7) is 6.94. The zero-order valence-corrected chi connectivity index (χ0v) is 15.6. The Labute approximate surface area is 145 Å². The van der Waals surface area contributed by atoms with Gasteiger partial charge in [0.15, 0.2) is 5.96 Å². The van der Waals surface area contributed by atoms with Crippen molar-refractivity contribution in [2.24, 2.45) is 4.99 Å². The Balaban J connectivity index is 2.30. The number of hydrogen-bond acceptors (Lipinski definition) is 4. The predicted molar refractivity (Wildman–Crippen MR) is 98.1 cm³/mol. The molecule has 0 radical (unpaired) electrons. The molecule has 24 heavy (non-hydrogen) atoms. The number of rotatable bonds is 9. The minimum absolute atomic E-state index is 0.0380. The van der Waals surface area contributed by atoms with E-state index < -0.39 is 10.0 Å². The summed E-state index contributed by atoms with van der Waals surface area (Å²) in [6.07, 6.45) is -0.0380. The highest BCUT2D eigenvalue weighted by molar-refractivity contribution is 7.89. The normalized spacial score (nSPS) is 13.4. The molecule has 0 aromatic heterocycles. The van der Waals surface area contributed by atoms with Gasteiger partial charge in [-0.05, 0) is 38.5 Å². The van der Waals surface area contributed by atoms with Crippen molar-refractivity contribution in [3.8, 4) is 5.75 Å². The van der Waals surface area contributed by atoms with Gasteiger partial charge in [0.05, 0.1) is 12.3 Å². The third-order valence-electron chi connectivity index (χ3n) is 3.23. The van der Waals surface area contributed by atoms with Gasteiger partial charge in [-0.3, -0.25) is 4.99 Å². The van der Waals surface area contributed by atoms with Crippen LogP contribution in [0.25, 0.3) is 0 Å². The maximum atomic E-state index is 11.3. The molecule has 0 saturated carbocycles. The summed E-state index contributed by atoms with van der Waals surface area (Å²) in [5, 5.41) is 6.20. The summed E-state index contributed by atoms with van der Waals surface area (Å²) in [5.74, 6) is 1.51. The van der Waals surface area contributed by atoms with Gasteiger partial charge in [-0.1, -0.05) is 12.1 Å². The van der Waals surface area contributed by atoms with Gasteiger partial charge in [0.1, 0.15) is 11.9 Å². The van der Waals surface area contributed by atoms with Gasteiger partial charge in [-0.15, -0.1) is 0 Å². The first kappa shape index (κ1) is 20.2. The Morgan fingerprint density at radius 3 is 2.67 bits per heavy atom. The first-order chi connectivity index (χ1) is 11.4. The van der Waals surface area contributed by atoms with Gasteiger partial charge in [-0.2, -0.15) is 0 Å². The molecular formula is C16H28N4O3S. The molecule has 1 aromatic rings. The summed E-state index contributed by atoms with van der Waals surface area (Å²) in [6, 6.07) is 7.90. The molecule has 0 heterocycles. The van der Waals surface area contributed by atoms with E-state index in [9.17, 15) is 8.42 Å². The zero-order chi connectivity index (χ0) is 18.0. The van der Waals surface area contributed by atoms with E-state index in [0.717, 1.165) is 11.3 Å². The lowest BCUT2D eigenvalue weighted by Crippen LogP contribution is -2.44. The van der Waals surface area contributed by atoms with Crippen LogP contribution < -0.4 is 20.1 Å². The smallest absolute Gasteiger partial charge is 0.211 e. The molecule has 0 aliphatic heterocycles. The van der Waals surface area contributed by atoms with Crippen molar-refractivity contribution in [1.29, 1.82) is 0 Å². The first-order valence-electron chi connectivity index (χ1n) is 8.01. The number of nitrogens with zero attached hydrogens (tertiary/aromatic N) is 1. The number of benzene rings is 1. The van der Waals surface area contributed by atoms with Gasteiger partial charge in [-0.25, -0.2) is 13.1 Å². The predicted octanol–water partition coefficient (Wildman–Crippen LogP) is 0.867. The summed E-state index contributed by atoms with van der Waals surface area (Å²) < 4.78 is 31.0. The second-order valence-corrected chi connectivity index (χ2v) is 7.52. The molecule has 1 atom stereocenters. The fourth-order valence-electron chi connectivity index (χ4n) is 1.91. The Morgan fingerprint density at radius 2 is 2.04 bits per heavy atom. The quantitative estimate of drug-likeness (QED) is 0.347. The third-order valence-corrected chi connectivity index (χ3v) is 4.63. The van der Waals surface area contributed by atoms with Crippen molar-refractivity contribution in [1.82, 2.24) is 15.4 Å². The van der Waals surface area contributed by atoms with Crippen LogP contribution in [0.5, 0.6) is 5.75 Å². The summed E-state index contributed by atoms with van der Waals surface area (Å²) in [4.78, 5) is 4.10. The minimum atomic E-state index is -3.16. The van der Waals surface area contributed by atoms with Crippen LogP contribution in [0.3, 0.4) is 0 Å². The molecule has 3 N–H and O–H groups in total. The number of aryl methyl sites for hydroxylation is 1. The van der Waals surface area contributed by atoms with E-state index in [2.05, 4.69) is 20.3 Å². The van der Waals surface area contributed by atoms with Gasteiger partial charge in [0.25, 0.3) is 0 Å². The molecule has 1 aromatic carbocycles. The second-order valence-electron chi connectivity index (χ2n) is 5.42. The lowest BCUT2D eigenvalue weighted by Gasteiger charge is -2.18. The molecule has 0 saturated heterocycles. The molecule has 0 aliphatic carbocycles. The molecule has 1 unspecified atom stereocenters. The molecule has 0 bridgehead atoms. The largest absolute Gasteiger partial charge is 0.489 e. The molecule has 0 fully saturated rings. The van der Waals surface area contributed by atoms with Gasteiger partial charge in [0.2, 0.25) is 10.0 Å². The monoisotopic (exact) mass is 356 g/mol. The van der Waals surface area contributed by atoms with Crippen LogP contribution in [0.15, 0.2) is 29.3 Å². The van der Waals surface area contributed by atoms with Crippen LogP contribution in [0.2, 0.25) is 0 Å². The van der Waals surface area contributed by atoms with Crippen LogP contribution in [-0.2, 0) is 10.0 Å². The number of ether oxygens (including phenoxy) is 1. The highest BCUT2D eigenvalue weighted by atomic mass is 32.2. The lowest BCUT2D eigenvalue weighted by molar-refractivity contribution is 0.223. The number of aliphatic imine (C=N–C) groups is 1. The summed E-state index contributed by atoms with van der Waals surface area (Å²) in [7, 11) is -1.49. The van der Waals surface area contributed by atoms with E-state index >= 15 is 0 Å². The molecule has 0 amide bonds. The van der Waals surface area contributed by atoms with Crippen molar-refractivity contribution >= 4 is 16.0 Å². The van der Waals surface area contributed by atoms with E-state index in [1.165, 1.54) is 0 Å². The molecule has 0 spiro atoms. The number of nitrogens with one attached hydrogen (secondary N) is 3. The minimum Gasteiger partial charge on any atom is -0.489 e. The Bertz CT molecular complexity index is 632. The average molecular weight is 356 g/mol. The van der Waals surface area contributed by atoms with E-state index in [1.807, 2.05) is 38.1 Å². The van der Waals surface area contributed by atoms with E-state index in [-0.39, 0.29) is 11.9 Å². The van der Waals surface area contributed by atoms with E-state index in [4.69, 9.17) is 4.74 Å². The van der Waals surface area contributed by atoms with Gasteiger partial charge in [0, 0.05) is 20.1 Å². The molecule has 0 aliphatic rings. The van der Waals surface area contributed by atoms with Gasteiger partial charge >= 0.3 is 0 Å². The highest BCUT2D eigenvalue weighted by Gasteiger charge is 2.07. The molecular weight excluding hydrogens is 328 g/mol. The van der Waals surface area contributed by atoms with E-state index in [0.29, 0.717) is 25.6 Å². The Kier molecular flexibility index (Phi) is 8.56. The van der Waals surface area contributed by atoms with Crippen molar-refractivity contribution in [2.45, 2.75) is 26.9 Å². The Morgan fingerprint density at radius 1 is 1.29 bits per heavy atom. The second kappa shape index (κ2) is 10.1. The number of sulfonamides is 1. The van der Waals surface area contributed by atoms with Gasteiger partial charge < -0.3 is 15.4 Å². The fourth-order valence-corrected chi connectivity index (χ4v) is 2.53. The van der Waals surface area contributed by atoms with Crippen LogP contribution >= 0.6 is 0 Å². The standard InChI is InChI=1S/C16H28N4O3S/c1-5-24(21,22)20-10-9-18-16(17-4)19-12-14(3)23-15-8-6-7-13(2)11-15/h6-8,11,14,20H,5,9-10,12H2,1-4H3,(H2,17,18,19). The topological polar surface area (TPSA) is 91.8 Å².